The first-order chi connectivity index (χ1) is 12.2. The third kappa shape index (κ3) is 6.47. The van der Waals surface area contributed by atoms with Crippen LogP contribution in [-0.4, -0.2) is 31.7 Å². The van der Waals surface area contributed by atoms with Crippen molar-refractivity contribution in [3.63, 3.8) is 0 Å². The molecule has 2 aromatic carbocycles. The van der Waals surface area contributed by atoms with Gasteiger partial charge < -0.3 is 10.1 Å². The third-order valence-electron chi connectivity index (χ3n) is 3.43. The molecule has 0 saturated carbocycles. The summed E-state index contributed by atoms with van der Waals surface area (Å²) in [5.74, 6) is -0.150. The molecule has 2 aromatic rings. The standard InChI is InChI=1S/C19H21N3O3/c1-25-17-10-6-5-9-16(17)14-21-22-19(24)13-18(23)20-12-11-15-7-3-2-4-8-15/h2-10,14H,11-13H2,1H3,(H,20,23)(H,22,24)/b21-14-. The van der Waals surface area contributed by atoms with E-state index in [1.807, 2.05) is 48.5 Å². The third-order valence-corrected chi connectivity index (χ3v) is 3.43. The molecule has 0 radical (unpaired) electrons. The van der Waals surface area contributed by atoms with Crippen molar-refractivity contribution in [3.8, 4) is 5.75 Å². The summed E-state index contributed by atoms with van der Waals surface area (Å²) in [4.78, 5) is 23.4. The molecule has 6 heteroatoms. The van der Waals surface area contributed by atoms with Crippen LogP contribution in [0.1, 0.15) is 17.5 Å². The zero-order chi connectivity index (χ0) is 17.9. The van der Waals surface area contributed by atoms with Crippen molar-refractivity contribution in [2.75, 3.05) is 13.7 Å². The fourth-order valence-electron chi connectivity index (χ4n) is 2.19. The molecule has 6 nitrogen and oxygen atoms in total. The second-order valence-corrected chi connectivity index (χ2v) is 5.30. The smallest absolute Gasteiger partial charge is 0.249 e. The monoisotopic (exact) mass is 339 g/mol. The molecular weight excluding hydrogens is 318 g/mol. The van der Waals surface area contributed by atoms with Crippen LogP contribution < -0.4 is 15.5 Å². The fourth-order valence-corrected chi connectivity index (χ4v) is 2.19. The zero-order valence-electron chi connectivity index (χ0n) is 14.1. The molecule has 0 aliphatic carbocycles. The van der Waals surface area contributed by atoms with E-state index < -0.39 is 5.91 Å². The van der Waals surface area contributed by atoms with Gasteiger partial charge in [0.1, 0.15) is 12.2 Å². The van der Waals surface area contributed by atoms with Crippen molar-refractivity contribution in [2.24, 2.45) is 5.10 Å². The van der Waals surface area contributed by atoms with E-state index in [9.17, 15) is 9.59 Å². The first kappa shape index (κ1) is 18.2. The summed E-state index contributed by atoms with van der Waals surface area (Å²) in [7, 11) is 1.56. The topological polar surface area (TPSA) is 79.8 Å². The molecule has 0 unspecified atom stereocenters. The molecule has 2 N–H and O–H groups in total. The summed E-state index contributed by atoms with van der Waals surface area (Å²) in [5, 5.41) is 6.56. The lowest BCUT2D eigenvalue weighted by Gasteiger charge is -2.05. The molecule has 0 fully saturated rings. The Labute approximate surface area is 146 Å². The molecule has 0 spiro atoms. The van der Waals surface area contributed by atoms with Crippen molar-refractivity contribution < 1.29 is 14.3 Å². The molecular formula is C19H21N3O3. The summed E-state index contributed by atoms with van der Waals surface area (Å²) in [6.45, 7) is 0.487. The minimum atomic E-state index is -0.469. The number of amides is 2. The zero-order valence-corrected chi connectivity index (χ0v) is 14.1. The molecule has 0 aliphatic heterocycles. The van der Waals surface area contributed by atoms with Gasteiger partial charge in [0.25, 0.3) is 0 Å². The van der Waals surface area contributed by atoms with Crippen LogP contribution >= 0.6 is 0 Å². The summed E-state index contributed by atoms with van der Waals surface area (Å²) in [6, 6.07) is 17.1. The summed E-state index contributed by atoms with van der Waals surface area (Å²) in [6.07, 6.45) is 1.93. The summed E-state index contributed by atoms with van der Waals surface area (Å²) >= 11 is 0. The molecule has 0 heterocycles. The number of methoxy groups -OCH3 is 1. The number of ether oxygens (including phenoxy) is 1. The van der Waals surface area contributed by atoms with Gasteiger partial charge in [0.15, 0.2) is 0 Å². The van der Waals surface area contributed by atoms with Crippen LogP contribution in [0.4, 0.5) is 0 Å². The molecule has 2 rings (SSSR count). The maximum atomic E-state index is 11.7. The molecule has 0 bridgehead atoms. The van der Waals surface area contributed by atoms with Gasteiger partial charge in [0, 0.05) is 12.1 Å². The average Bonchev–Trinajstić information content (AvgIpc) is 2.63. The normalized spacial score (nSPS) is 10.4. The number of nitrogens with one attached hydrogen (secondary N) is 2. The van der Waals surface area contributed by atoms with Crippen LogP contribution in [-0.2, 0) is 16.0 Å². The predicted octanol–water partition coefficient (Wildman–Crippen LogP) is 1.89. The van der Waals surface area contributed by atoms with Crippen molar-refractivity contribution in [1.82, 2.24) is 10.7 Å². The highest BCUT2D eigenvalue weighted by molar-refractivity contribution is 5.97. The van der Waals surface area contributed by atoms with E-state index in [0.717, 1.165) is 17.5 Å². The number of benzene rings is 2. The van der Waals surface area contributed by atoms with Gasteiger partial charge in [-0.3, -0.25) is 9.59 Å². The number of hydrogen-bond donors (Lipinski definition) is 2. The quantitative estimate of drug-likeness (QED) is 0.438. The molecule has 0 saturated heterocycles. The van der Waals surface area contributed by atoms with E-state index >= 15 is 0 Å². The Kier molecular flexibility index (Phi) is 7.18. The molecule has 2 amide bonds. The number of rotatable bonds is 8. The highest BCUT2D eigenvalue weighted by Crippen LogP contribution is 2.14. The maximum absolute atomic E-state index is 11.7. The summed E-state index contributed by atoms with van der Waals surface area (Å²) < 4.78 is 5.18. The second-order valence-electron chi connectivity index (χ2n) is 5.30. The van der Waals surface area contributed by atoms with Gasteiger partial charge in [0.2, 0.25) is 11.8 Å². The fraction of sp³-hybridized carbons (Fsp3) is 0.211. The Bertz CT molecular complexity index is 730. The van der Waals surface area contributed by atoms with Gasteiger partial charge in [-0.15, -0.1) is 0 Å². The number of carbonyl (C=O) groups is 2. The van der Waals surface area contributed by atoms with Crippen molar-refractivity contribution in [2.45, 2.75) is 12.8 Å². The van der Waals surface area contributed by atoms with Crippen LogP contribution in [0, 0.1) is 0 Å². The van der Waals surface area contributed by atoms with Crippen molar-refractivity contribution in [1.29, 1.82) is 0 Å². The van der Waals surface area contributed by atoms with Gasteiger partial charge in [-0.2, -0.15) is 5.10 Å². The van der Waals surface area contributed by atoms with Crippen LogP contribution in [0.2, 0.25) is 0 Å². The lowest BCUT2D eigenvalue weighted by atomic mass is 10.1. The van der Waals surface area contributed by atoms with E-state index in [1.165, 1.54) is 6.21 Å². The highest BCUT2D eigenvalue weighted by Gasteiger charge is 2.08. The van der Waals surface area contributed by atoms with E-state index in [0.29, 0.717) is 12.3 Å². The number of hydrogen-bond acceptors (Lipinski definition) is 4. The highest BCUT2D eigenvalue weighted by atomic mass is 16.5. The van der Waals surface area contributed by atoms with Crippen LogP contribution in [0.5, 0.6) is 5.75 Å². The molecule has 25 heavy (non-hydrogen) atoms. The van der Waals surface area contributed by atoms with E-state index in [2.05, 4.69) is 15.8 Å². The molecule has 0 atom stereocenters. The lowest BCUT2D eigenvalue weighted by molar-refractivity contribution is -0.129. The van der Waals surface area contributed by atoms with E-state index in [1.54, 1.807) is 13.2 Å². The predicted molar refractivity (Wildman–Crippen MR) is 96.5 cm³/mol. The Morgan fingerprint density at radius 2 is 1.76 bits per heavy atom. The number of carbonyl (C=O) groups excluding carboxylic acids is 2. The largest absolute Gasteiger partial charge is 0.496 e. The number of hydrazone groups is 1. The van der Waals surface area contributed by atoms with Gasteiger partial charge in [-0.25, -0.2) is 5.43 Å². The minimum Gasteiger partial charge on any atom is -0.496 e. The Balaban J connectivity index is 1.70. The van der Waals surface area contributed by atoms with Crippen molar-refractivity contribution in [3.05, 3.63) is 65.7 Å². The van der Waals surface area contributed by atoms with Gasteiger partial charge in [-0.1, -0.05) is 42.5 Å². The van der Waals surface area contributed by atoms with Crippen LogP contribution in [0.25, 0.3) is 0 Å². The second kappa shape index (κ2) is 9.87. The Morgan fingerprint density at radius 1 is 1.04 bits per heavy atom. The van der Waals surface area contributed by atoms with Crippen molar-refractivity contribution >= 4 is 18.0 Å². The first-order valence-corrected chi connectivity index (χ1v) is 7.94. The maximum Gasteiger partial charge on any atom is 0.249 e. The Hall–Kier alpha value is -3.15. The average molecular weight is 339 g/mol. The number of nitrogens with zero attached hydrogens (tertiary/aromatic N) is 1. The molecule has 0 aromatic heterocycles. The first-order valence-electron chi connectivity index (χ1n) is 7.94. The van der Waals surface area contributed by atoms with Crippen LogP contribution in [0.15, 0.2) is 59.7 Å². The van der Waals surface area contributed by atoms with Gasteiger partial charge in [0.05, 0.1) is 13.3 Å². The van der Waals surface area contributed by atoms with Gasteiger partial charge in [-0.05, 0) is 24.1 Å². The number of para-hydroxylation sites is 1. The summed E-state index contributed by atoms with van der Waals surface area (Å²) in [5.41, 5.74) is 4.20. The van der Waals surface area contributed by atoms with E-state index in [-0.39, 0.29) is 12.3 Å². The molecule has 130 valence electrons. The van der Waals surface area contributed by atoms with E-state index in [4.69, 9.17) is 4.74 Å². The van der Waals surface area contributed by atoms with Gasteiger partial charge >= 0.3 is 0 Å². The minimum absolute atomic E-state index is 0.266. The Morgan fingerprint density at radius 3 is 2.52 bits per heavy atom. The molecule has 0 aliphatic rings. The SMILES string of the molecule is COc1ccccc1/C=N\NC(=O)CC(=O)NCCc1ccccc1. The lowest BCUT2D eigenvalue weighted by Crippen LogP contribution is -2.31. The van der Waals surface area contributed by atoms with Crippen LogP contribution in [0.3, 0.4) is 0 Å².